The van der Waals surface area contributed by atoms with Gasteiger partial charge in [-0.3, -0.25) is 4.79 Å². The molecule has 33 heavy (non-hydrogen) atoms. The van der Waals surface area contributed by atoms with E-state index in [2.05, 4.69) is 17.0 Å². The Bertz CT molecular complexity index is 900. The summed E-state index contributed by atoms with van der Waals surface area (Å²) in [4.78, 5) is 22.4. The Morgan fingerprint density at radius 1 is 1.03 bits per heavy atom. The average molecular weight is 491 g/mol. The van der Waals surface area contributed by atoms with Gasteiger partial charge in [0.15, 0.2) is 6.29 Å². The number of nitrogens with zero attached hydrogens (tertiary/aromatic N) is 2. The number of carbonyl (C=O) groups excluding carboxylic acids is 1. The highest BCUT2D eigenvalue weighted by atomic mass is 35.5. The van der Waals surface area contributed by atoms with Crippen LogP contribution in [0.15, 0.2) is 48.5 Å². The van der Waals surface area contributed by atoms with Crippen molar-refractivity contribution in [2.75, 3.05) is 26.2 Å². The van der Waals surface area contributed by atoms with Gasteiger partial charge in [-0.25, -0.2) is 9.90 Å². The van der Waals surface area contributed by atoms with Crippen molar-refractivity contribution < 1.29 is 14.4 Å². The fourth-order valence-electron chi connectivity index (χ4n) is 4.51. The Kier molecular flexibility index (Phi) is 9.04. The third-order valence-electron chi connectivity index (χ3n) is 6.30. The van der Waals surface area contributed by atoms with Crippen molar-refractivity contribution in [1.29, 1.82) is 0 Å². The van der Waals surface area contributed by atoms with Gasteiger partial charge in [-0.1, -0.05) is 66.0 Å². The first kappa shape index (κ1) is 24.5. The monoisotopic (exact) mass is 490 g/mol. The second-order valence-corrected chi connectivity index (χ2v) is 9.65. The van der Waals surface area contributed by atoms with Crippen LogP contribution in [-0.4, -0.2) is 48.4 Å². The fourth-order valence-corrected chi connectivity index (χ4v) is 4.83. The van der Waals surface area contributed by atoms with Gasteiger partial charge >= 0.3 is 0 Å². The zero-order valence-corrected chi connectivity index (χ0v) is 20.4. The summed E-state index contributed by atoms with van der Waals surface area (Å²) in [6, 6.07) is 15.2. The Hall–Kier alpha value is -1.63. The number of benzene rings is 2. The van der Waals surface area contributed by atoms with Gasteiger partial charge in [0.05, 0.1) is 22.5 Å². The molecule has 0 aromatic heterocycles. The highest BCUT2D eigenvalue weighted by Crippen LogP contribution is 2.29. The molecular formula is C26H32Cl2N2O3. The SMILES string of the molecule is O=C(Cc1ccc(Cl)c(Cl)c1)N(OC1CCCCO1)[C@H](CN1CCCCC1)c1ccccc1. The molecule has 2 aliphatic rings. The summed E-state index contributed by atoms with van der Waals surface area (Å²) in [5.41, 5.74) is 1.86. The molecule has 0 spiro atoms. The molecule has 178 valence electrons. The molecule has 0 N–H and O–H groups in total. The van der Waals surface area contributed by atoms with Gasteiger partial charge in [0.2, 0.25) is 0 Å². The molecule has 5 nitrogen and oxygen atoms in total. The lowest BCUT2D eigenvalue weighted by atomic mass is 10.0. The number of hydrogen-bond donors (Lipinski definition) is 0. The molecule has 2 aromatic rings. The molecule has 4 rings (SSSR count). The number of ether oxygens (including phenoxy) is 1. The van der Waals surface area contributed by atoms with Gasteiger partial charge in [0, 0.05) is 19.6 Å². The lowest BCUT2D eigenvalue weighted by Gasteiger charge is -2.38. The standard InChI is InChI=1S/C26H32Cl2N2O3/c27-22-13-12-20(17-23(22)28)18-25(31)30(33-26-11-5-8-16-32-26)24(21-9-3-1-4-10-21)19-29-14-6-2-7-15-29/h1,3-4,9-10,12-13,17,24,26H,2,5-8,11,14-16,18-19H2/t24-,26?/m1/s1. The lowest BCUT2D eigenvalue weighted by Crippen LogP contribution is -2.46. The second-order valence-electron chi connectivity index (χ2n) is 8.83. The van der Waals surface area contributed by atoms with Gasteiger partial charge in [-0.05, 0) is 62.0 Å². The van der Waals surface area contributed by atoms with Crippen LogP contribution in [0.5, 0.6) is 0 Å². The van der Waals surface area contributed by atoms with Crippen LogP contribution in [0.1, 0.15) is 55.7 Å². The number of halogens is 2. The first-order valence-corrected chi connectivity index (χ1v) is 12.7. The summed E-state index contributed by atoms with van der Waals surface area (Å²) in [6.45, 7) is 3.46. The maximum atomic E-state index is 13.7. The van der Waals surface area contributed by atoms with Gasteiger partial charge in [-0.15, -0.1) is 0 Å². The number of hydrogen-bond acceptors (Lipinski definition) is 4. The molecule has 1 amide bonds. The van der Waals surface area contributed by atoms with E-state index in [-0.39, 0.29) is 18.4 Å². The molecule has 0 bridgehead atoms. The molecule has 0 radical (unpaired) electrons. The van der Waals surface area contributed by atoms with Crippen molar-refractivity contribution in [3.05, 3.63) is 69.7 Å². The van der Waals surface area contributed by atoms with Crippen molar-refractivity contribution in [2.45, 2.75) is 57.3 Å². The summed E-state index contributed by atoms with van der Waals surface area (Å²) < 4.78 is 5.85. The first-order chi connectivity index (χ1) is 16.1. The fraction of sp³-hybridized carbons (Fsp3) is 0.500. The van der Waals surface area contributed by atoms with Crippen LogP contribution in [0.3, 0.4) is 0 Å². The summed E-state index contributed by atoms with van der Waals surface area (Å²) >= 11 is 12.3. The lowest BCUT2D eigenvalue weighted by molar-refractivity contribution is -0.294. The van der Waals surface area contributed by atoms with E-state index in [0.717, 1.165) is 50.0 Å². The largest absolute Gasteiger partial charge is 0.350 e. The molecule has 2 aromatic carbocycles. The molecule has 2 fully saturated rings. The third-order valence-corrected chi connectivity index (χ3v) is 7.04. The molecule has 2 saturated heterocycles. The quantitative estimate of drug-likeness (QED) is 0.422. The molecule has 0 aliphatic carbocycles. The van der Waals surface area contributed by atoms with Crippen molar-refractivity contribution in [3.63, 3.8) is 0 Å². The average Bonchev–Trinajstić information content (AvgIpc) is 2.85. The number of likely N-dealkylation sites (tertiary alicyclic amines) is 1. The topological polar surface area (TPSA) is 42.0 Å². The van der Waals surface area contributed by atoms with Crippen molar-refractivity contribution in [3.8, 4) is 0 Å². The van der Waals surface area contributed by atoms with E-state index in [1.54, 1.807) is 17.2 Å². The molecule has 7 heteroatoms. The van der Waals surface area contributed by atoms with Crippen molar-refractivity contribution in [1.82, 2.24) is 9.96 Å². The van der Waals surface area contributed by atoms with Crippen LogP contribution in [0.25, 0.3) is 0 Å². The van der Waals surface area contributed by atoms with E-state index in [0.29, 0.717) is 16.7 Å². The Balaban J connectivity index is 1.61. The Morgan fingerprint density at radius 3 is 2.52 bits per heavy atom. The predicted octanol–water partition coefficient (Wildman–Crippen LogP) is 6.05. The second kappa shape index (κ2) is 12.2. The first-order valence-electron chi connectivity index (χ1n) is 11.9. The van der Waals surface area contributed by atoms with Crippen LogP contribution in [0.4, 0.5) is 0 Å². The minimum atomic E-state index is -0.413. The number of carbonyl (C=O) groups is 1. The molecular weight excluding hydrogens is 459 g/mol. The maximum absolute atomic E-state index is 13.7. The van der Waals surface area contributed by atoms with Gasteiger partial charge in [0.25, 0.3) is 5.91 Å². The number of amides is 1. The van der Waals surface area contributed by atoms with E-state index >= 15 is 0 Å². The van der Waals surface area contributed by atoms with Gasteiger partial charge < -0.3 is 9.64 Å². The third kappa shape index (κ3) is 6.93. The van der Waals surface area contributed by atoms with Crippen LogP contribution in [0, 0.1) is 0 Å². The zero-order chi connectivity index (χ0) is 23.0. The summed E-state index contributed by atoms with van der Waals surface area (Å²) in [7, 11) is 0. The van der Waals surface area contributed by atoms with Crippen molar-refractivity contribution >= 4 is 29.1 Å². The maximum Gasteiger partial charge on any atom is 0.251 e. The highest BCUT2D eigenvalue weighted by molar-refractivity contribution is 6.42. The normalized spacial score (nSPS) is 20.4. The summed E-state index contributed by atoms with van der Waals surface area (Å²) in [6.07, 6.45) is 6.22. The number of rotatable bonds is 8. The van der Waals surface area contributed by atoms with E-state index in [4.69, 9.17) is 32.8 Å². The van der Waals surface area contributed by atoms with Gasteiger partial charge in [0.1, 0.15) is 0 Å². The highest BCUT2D eigenvalue weighted by Gasteiger charge is 2.32. The minimum absolute atomic E-state index is 0.117. The van der Waals surface area contributed by atoms with E-state index in [1.807, 2.05) is 24.3 Å². The summed E-state index contributed by atoms with van der Waals surface area (Å²) in [5, 5.41) is 2.49. The van der Waals surface area contributed by atoms with E-state index < -0.39 is 6.29 Å². The van der Waals surface area contributed by atoms with Crippen molar-refractivity contribution in [2.24, 2.45) is 0 Å². The molecule has 2 heterocycles. The Morgan fingerprint density at radius 2 is 1.82 bits per heavy atom. The van der Waals surface area contributed by atoms with Crippen LogP contribution in [-0.2, 0) is 20.8 Å². The number of hydroxylamine groups is 2. The predicted molar refractivity (Wildman–Crippen MR) is 131 cm³/mol. The molecule has 0 saturated carbocycles. The van der Waals surface area contributed by atoms with Crippen LogP contribution < -0.4 is 0 Å². The van der Waals surface area contributed by atoms with Gasteiger partial charge in [-0.2, -0.15) is 0 Å². The number of piperidine rings is 1. The van der Waals surface area contributed by atoms with Crippen LogP contribution >= 0.6 is 23.2 Å². The van der Waals surface area contributed by atoms with Crippen LogP contribution in [0.2, 0.25) is 10.0 Å². The molecule has 1 unspecified atom stereocenters. The minimum Gasteiger partial charge on any atom is -0.350 e. The van der Waals surface area contributed by atoms with E-state index in [9.17, 15) is 4.79 Å². The van der Waals surface area contributed by atoms with E-state index in [1.165, 1.54) is 19.3 Å². The Labute approximate surface area is 206 Å². The smallest absolute Gasteiger partial charge is 0.251 e. The molecule has 2 aliphatic heterocycles. The molecule has 2 atom stereocenters. The summed E-state index contributed by atoms with van der Waals surface area (Å²) in [5.74, 6) is -0.117. The zero-order valence-electron chi connectivity index (χ0n) is 18.9.